The van der Waals surface area contributed by atoms with E-state index in [0.29, 0.717) is 18.0 Å². The average Bonchev–Trinajstić information content (AvgIpc) is 3.70. The van der Waals surface area contributed by atoms with Crippen LogP contribution in [0, 0.1) is 5.92 Å². The number of hydrogen-bond acceptors (Lipinski definition) is 5. The Labute approximate surface area is 191 Å². The molecule has 1 aromatic heterocycles. The number of nitrogens with one attached hydrogen (secondary N) is 1. The molecular formula is C23H28N4O5S. The maximum absolute atomic E-state index is 13.5. The molecule has 2 saturated carbocycles. The van der Waals surface area contributed by atoms with E-state index in [0.717, 1.165) is 25.7 Å². The largest absolute Gasteiger partial charge is 0.332 e. The monoisotopic (exact) mass is 472 g/mol. The molecule has 0 bridgehead atoms. The Morgan fingerprint density at radius 1 is 1.27 bits per heavy atom. The van der Waals surface area contributed by atoms with E-state index in [1.165, 1.54) is 22.8 Å². The maximum Gasteiger partial charge on any atom is 0.331 e. The molecule has 0 unspecified atom stereocenters. The summed E-state index contributed by atoms with van der Waals surface area (Å²) in [6.45, 7) is 7.85. The summed E-state index contributed by atoms with van der Waals surface area (Å²) in [6.07, 6.45) is 4.79. The molecular weight excluding hydrogens is 444 g/mol. The number of carbonyl (C=O) groups excluding carboxylic acids is 1. The lowest BCUT2D eigenvalue weighted by molar-refractivity contribution is -0.136. The van der Waals surface area contributed by atoms with E-state index in [1.807, 2.05) is 6.92 Å². The third-order valence-electron chi connectivity index (χ3n) is 7.20. The van der Waals surface area contributed by atoms with Crippen molar-refractivity contribution in [1.29, 1.82) is 0 Å². The number of aromatic nitrogens is 2. The normalized spacial score (nSPS) is 23.9. The third kappa shape index (κ3) is 3.74. The fourth-order valence-corrected chi connectivity index (χ4v) is 6.03. The van der Waals surface area contributed by atoms with Crippen LogP contribution in [0.3, 0.4) is 0 Å². The first-order chi connectivity index (χ1) is 15.5. The number of likely N-dealkylation sites (tertiary alicyclic amines) is 1. The van der Waals surface area contributed by atoms with E-state index in [1.54, 1.807) is 22.5 Å². The summed E-state index contributed by atoms with van der Waals surface area (Å²) in [5.74, 6) is 0.119. The molecule has 1 N–H and O–H groups in total. The first-order valence-corrected chi connectivity index (χ1v) is 12.8. The Morgan fingerprint density at radius 2 is 1.97 bits per heavy atom. The summed E-state index contributed by atoms with van der Waals surface area (Å²) in [6, 6.07) is 3.57. The van der Waals surface area contributed by atoms with Crippen LogP contribution in [0.2, 0.25) is 0 Å². The van der Waals surface area contributed by atoms with Crippen LogP contribution in [0.4, 0.5) is 0 Å². The Bertz CT molecular complexity index is 1400. The molecule has 3 fully saturated rings. The molecule has 9 nitrogen and oxygen atoms in total. The van der Waals surface area contributed by atoms with Crippen LogP contribution < -0.4 is 16.0 Å². The van der Waals surface area contributed by atoms with Crippen molar-refractivity contribution in [1.82, 2.24) is 18.8 Å². The van der Waals surface area contributed by atoms with Gasteiger partial charge in [0.05, 0.1) is 27.9 Å². The van der Waals surface area contributed by atoms with Gasteiger partial charge in [0.25, 0.3) is 5.56 Å². The van der Waals surface area contributed by atoms with Gasteiger partial charge in [-0.2, -0.15) is 0 Å². The van der Waals surface area contributed by atoms with Gasteiger partial charge in [-0.05, 0) is 69.7 Å². The molecule has 0 spiro atoms. The van der Waals surface area contributed by atoms with Gasteiger partial charge in [-0.25, -0.2) is 17.9 Å². The SMILES string of the molecule is C=CC(=O)N1C[C@@H](n2c(=O)c3cc(S(=O)(=O)NC4(C)CC4)ccc3n(CC3CC3)c2=O)[C@@H]1C. The molecule has 2 aromatic rings. The molecule has 2 aliphatic carbocycles. The lowest BCUT2D eigenvalue weighted by Crippen LogP contribution is -2.61. The average molecular weight is 473 g/mol. The molecule has 10 heteroatoms. The zero-order valence-corrected chi connectivity index (χ0v) is 19.6. The van der Waals surface area contributed by atoms with E-state index in [4.69, 9.17) is 0 Å². The molecule has 1 amide bonds. The fraction of sp³-hybridized carbons (Fsp3) is 0.522. The smallest absolute Gasteiger partial charge is 0.331 e. The standard InChI is InChI=1S/C23H28N4O5S/c1-4-20(28)25-13-19(14(25)2)27-21(29)17-11-16(33(31,32)24-23(3)9-10-23)7-8-18(17)26(22(27)30)12-15-5-6-15/h4,7-8,11,14-15,19,24H,1,5-6,9-10,12-13H2,2-3H3/t14-,19+/m0/s1. The van der Waals surface area contributed by atoms with Crippen LogP contribution in [0.5, 0.6) is 0 Å². The van der Waals surface area contributed by atoms with Gasteiger partial charge in [0.1, 0.15) is 0 Å². The fourth-order valence-electron chi connectivity index (χ4n) is 4.53. The summed E-state index contributed by atoms with van der Waals surface area (Å²) >= 11 is 0. The van der Waals surface area contributed by atoms with Crippen molar-refractivity contribution in [2.75, 3.05) is 6.54 Å². The van der Waals surface area contributed by atoms with Crippen molar-refractivity contribution in [3.05, 3.63) is 51.7 Å². The number of carbonyl (C=O) groups is 1. The number of fused-ring (bicyclic) bond motifs is 1. The van der Waals surface area contributed by atoms with Crippen LogP contribution in [0.25, 0.3) is 10.9 Å². The number of rotatable bonds is 7. The van der Waals surface area contributed by atoms with Gasteiger partial charge in [0, 0.05) is 18.6 Å². The summed E-state index contributed by atoms with van der Waals surface area (Å²) in [4.78, 5) is 40.5. The predicted molar refractivity (Wildman–Crippen MR) is 124 cm³/mol. The molecule has 3 aliphatic rings. The molecule has 2 heterocycles. The van der Waals surface area contributed by atoms with Crippen molar-refractivity contribution in [2.45, 2.75) is 68.6 Å². The first-order valence-electron chi connectivity index (χ1n) is 11.3. The minimum Gasteiger partial charge on any atom is -0.332 e. The third-order valence-corrected chi connectivity index (χ3v) is 8.83. The lowest BCUT2D eigenvalue weighted by atomic mass is 9.97. The summed E-state index contributed by atoms with van der Waals surface area (Å²) < 4.78 is 31.4. The van der Waals surface area contributed by atoms with E-state index in [-0.39, 0.29) is 28.8 Å². The topological polar surface area (TPSA) is 110 Å². The van der Waals surface area contributed by atoms with Gasteiger partial charge < -0.3 is 4.90 Å². The highest BCUT2D eigenvalue weighted by Crippen LogP contribution is 2.36. The molecule has 2 atom stereocenters. The minimum atomic E-state index is -3.81. The van der Waals surface area contributed by atoms with Gasteiger partial charge in [-0.3, -0.25) is 18.7 Å². The van der Waals surface area contributed by atoms with Crippen molar-refractivity contribution < 1.29 is 13.2 Å². The highest BCUT2D eigenvalue weighted by molar-refractivity contribution is 7.89. The molecule has 33 heavy (non-hydrogen) atoms. The summed E-state index contributed by atoms with van der Waals surface area (Å²) in [5.41, 5.74) is -0.947. The second-order valence-corrected chi connectivity index (χ2v) is 11.5. The van der Waals surface area contributed by atoms with Crippen LogP contribution in [-0.2, 0) is 21.4 Å². The van der Waals surface area contributed by atoms with E-state index < -0.39 is 32.9 Å². The second-order valence-electron chi connectivity index (χ2n) is 9.86. The van der Waals surface area contributed by atoms with Crippen molar-refractivity contribution in [3.8, 4) is 0 Å². The van der Waals surface area contributed by atoms with Crippen LogP contribution >= 0.6 is 0 Å². The number of nitrogens with zero attached hydrogens (tertiary/aromatic N) is 3. The van der Waals surface area contributed by atoms with Crippen molar-refractivity contribution in [3.63, 3.8) is 0 Å². The number of sulfonamides is 1. The quantitative estimate of drug-likeness (QED) is 0.612. The van der Waals surface area contributed by atoms with Crippen LogP contribution in [-0.4, -0.2) is 46.5 Å². The number of amides is 1. The highest BCUT2D eigenvalue weighted by Gasteiger charge is 2.42. The van der Waals surface area contributed by atoms with Gasteiger partial charge in [-0.1, -0.05) is 6.58 Å². The second kappa shape index (κ2) is 7.39. The highest BCUT2D eigenvalue weighted by atomic mass is 32.2. The first kappa shape index (κ1) is 22.1. The molecule has 1 saturated heterocycles. The Morgan fingerprint density at radius 3 is 2.55 bits per heavy atom. The predicted octanol–water partition coefficient (Wildman–Crippen LogP) is 1.36. The summed E-state index contributed by atoms with van der Waals surface area (Å²) in [5, 5.41) is 0.194. The lowest BCUT2D eigenvalue weighted by Gasteiger charge is -2.46. The Hall–Kier alpha value is -2.72. The molecule has 176 valence electrons. The van der Waals surface area contributed by atoms with E-state index in [9.17, 15) is 22.8 Å². The van der Waals surface area contributed by atoms with Crippen molar-refractivity contribution >= 4 is 26.8 Å². The van der Waals surface area contributed by atoms with Gasteiger partial charge in [0.15, 0.2) is 0 Å². The van der Waals surface area contributed by atoms with Crippen LogP contribution in [0.1, 0.15) is 45.6 Å². The molecule has 0 radical (unpaired) electrons. The Kier molecular flexibility index (Phi) is 4.95. The zero-order valence-electron chi connectivity index (χ0n) is 18.8. The number of hydrogen-bond donors (Lipinski definition) is 1. The molecule has 5 rings (SSSR count). The number of benzene rings is 1. The Balaban J connectivity index is 1.64. The van der Waals surface area contributed by atoms with E-state index in [2.05, 4.69) is 11.3 Å². The van der Waals surface area contributed by atoms with Gasteiger partial charge in [-0.15, -0.1) is 0 Å². The summed E-state index contributed by atoms with van der Waals surface area (Å²) in [7, 11) is -3.81. The van der Waals surface area contributed by atoms with Gasteiger partial charge >= 0.3 is 5.69 Å². The zero-order chi connectivity index (χ0) is 23.7. The molecule has 1 aliphatic heterocycles. The van der Waals surface area contributed by atoms with E-state index >= 15 is 0 Å². The van der Waals surface area contributed by atoms with Crippen LogP contribution in [0.15, 0.2) is 45.3 Å². The van der Waals surface area contributed by atoms with Gasteiger partial charge in [0.2, 0.25) is 15.9 Å². The minimum absolute atomic E-state index is 0.00788. The van der Waals surface area contributed by atoms with Crippen molar-refractivity contribution in [2.24, 2.45) is 5.92 Å². The maximum atomic E-state index is 13.5. The molecule has 1 aromatic carbocycles.